The monoisotopic (exact) mass is 344 g/mol. The van der Waals surface area contributed by atoms with Crippen LogP contribution in [0.15, 0.2) is 30.5 Å². The maximum absolute atomic E-state index is 12.4. The van der Waals surface area contributed by atoms with E-state index in [9.17, 15) is 14.9 Å². The summed E-state index contributed by atoms with van der Waals surface area (Å²) in [5.41, 5.74) is 1.03. The Kier molecular flexibility index (Phi) is 4.97. The predicted molar refractivity (Wildman–Crippen MR) is 90.6 cm³/mol. The summed E-state index contributed by atoms with van der Waals surface area (Å²) in [4.78, 5) is 22.7. The highest BCUT2D eigenvalue weighted by molar-refractivity contribution is 5.97. The van der Waals surface area contributed by atoms with Crippen LogP contribution in [-0.2, 0) is 0 Å². The van der Waals surface area contributed by atoms with E-state index in [1.807, 2.05) is 31.2 Å². The number of rotatable bonds is 5. The highest BCUT2D eigenvalue weighted by Crippen LogP contribution is 2.25. The summed E-state index contributed by atoms with van der Waals surface area (Å²) >= 11 is 0. The smallest absolute Gasteiger partial charge is 0.355 e. The Morgan fingerprint density at radius 1 is 1.40 bits per heavy atom. The van der Waals surface area contributed by atoms with Crippen LogP contribution >= 0.6 is 0 Å². The molecule has 1 aliphatic carbocycles. The van der Waals surface area contributed by atoms with Gasteiger partial charge in [0.15, 0.2) is 5.56 Å². The fourth-order valence-corrected chi connectivity index (χ4v) is 3.10. The lowest BCUT2D eigenvalue weighted by Gasteiger charge is -2.32. The summed E-state index contributed by atoms with van der Waals surface area (Å²) < 4.78 is 6.07. The molecule has 2 atom stereocenters. The number of carbonyl (C=O) groups excluding carboxylic acids is 1. The van der Waals surface area contributed by atoms with E-state index in [1.54, 1.807) is 0 Å². The Labute approximate surface area is 144 Å². The molecule has 0 bridgehead atoms. The van der Waals surface area contributed by atoms with Crippen molar-refractivity contribution < 1.29 is 14.5 Å². The molecule has 1 heterocycles. The van der Waals surface area contributed by atoms with Gasteiger partial charge in [0, 0.05) is 0 Å². The number of aryl methyl sites for hydroxylation is 1. The van der Waals surface area contributed by atoms with Gasteiger partial charge in [0.25, 0.3) is 5.91 Å². The Hall–Kier alpha value is -2.90. The van der Waals surface area contributed by atoms with Crippen molar-refractivity contribution >= 4 is 11.7 Å². The quantitative estimate of drug-likeness (QED) is 0.640. The van der Waals surface area contributed by atoms with Crippen LogP contribution in [0, 0.1) is 17.0 Å². The minimum Gasteiger partial charge on any atom is -0.488 e. The number of aromatic amines is 1. The van der Waals surface area contributed by atoms with E-state index in [1.165, 1.54) is 6.20 Å². The van der Waals surface area contributed by atoms with Crippen molar-refractivity contribution in [3.05, 3.63) is 51.7 Å². The number of nitrogens with one attached hydrogen (secondary N) is 2. The van der Waals surface area contributed by atoms with Gasteiger partial charge >= 0.3 is 5.82 Å². The number of hydrogen-bond acceptors (Lipinski definition) is 5. The van der Waals surface area contributed by atoms with Crippen LogP contribution in [0.5, 0.6) is 5.75 Å². The maximum atomic E-state index is 12.4. The van der Waals surface area contributed by atoms with Crippen molar-refractivity contribution in [1.82, 2.24) is 15.5 Å². The highest BCUT2D eigenvalue weighted by atomic mass is 16.6. The molecule has 2 aromatic rings. The van der Waals surface area contributed by atoms with Crippen LogP contribution in [0.4, 0.5) is 5.82 Å². The first kappa shape index (κ1) is 16.9. The number of H-pyrrole nitrogens is 1. The molecule has 0 saturated heterocycles. The molecular formula is C17H20N4O4. The van der Waals surface area contributed by atoms with Crippen LogP contribution < -0.4 is 10.1 Å². The molecule has 25 heavy (non-hydrogen) atoms. The molecule has 1 aromatic carbocycles. The normalized spacial score (nSPS) is 20.0. The summed E-state index contributed by atoms with van der Waals surface area (Å²) in [6, 6.07) is 7.56. The van der Waals surface area contributed by atoms with E-state index in [4.69, 9.17) is 4.74 Å². The van der Waals surface area contributed by atoms with Gasteiger partial charge in [0.1, 0.15) is 11.9 Å². The van der Waals surface area contributed by atoms with Crippen molar-refractivity contribution in [1.29, 1.82) is 0 Å². The van der Waals surface area contributed by atoms with E-state index in [2.05, 4.69) is 15.5 Å². The molecule has 1 aliphatic rings. The van der Waals surface area contributed by atoms with Crippen molar-refractivity contribution in [2.24, 2.45) is 0 Å². The van der Waals surface area contributed by atoms with Crippen LogP contribution in [-0.4, -0.2) is 33.2 Å². The average molecular weight is 344 g/mol. The van der Waals surface area contributed by atoms with Crippen LogP contribution in [0.25, 0.3) is 0 Å². The van der Waals surface area contributed by atoms with Crippen molar-refractivity contribution in [2.45, 2.75) is 44.8 Å². The van der Waals surface area contributed by atoms with Gasteiger partial charge in [-0.3, -0.25) is 4.79 Å². The molecule has 132 valence electrons. The van der Waals surface area contributed by atoms with E-state index in [-0.39, 0.29) is 17.7 Å². The van der Waals surface area contributed by atoms with Gasteiger partial charge in [-0.25, -0.2) is 0 Å². The van der Waals surface area contributed by atoms with Gasteiger partial charge in [-0.05, 0) is 48.8 Å². The lowest BCUT2D eigenvalue weighted by atomic mass is 9.92. The number of benzene rings is 1. The summed E-state index contributed by atoms with van der Waals surface area (Å²) in [5.74, 6) is -0.143. The Balaban J connectivity index is 1.71. The molecule has 8 nitrogen and oxygen atoms in total. The molecule has 1 fully saturated rings. The van der Waals surface area contributed by atoms with Crippen LogP contribution in [0.2, 0.25) is 0 Å². The number of nitrogens with zero attached hydrogens (tertiary/aromatic N) is 2. The minimum atomic E-state index is -0.649. The topological polar surface area (TPSA) is 110 Å². The van der Waals surface area contributed by atoms with Crippen molar-refractivity contribution in [3.63, 3.8) is 0 Å². The molecule has 0 aliphatic heterocycles. The molecule has 3 rings (SSSR count). The molecule has 8 heteroatoms. The molecule has 2 N–H and O–H groups in total. The molecular weight excluding hydrogens is 324 g/mol. The molecule has 0 unspecified atom stereocenters. The van der Waals surface area contributed by atoms with Crippen LogP contribution in [0.3, 0.4) is 0 Å². The third-order valence-corrected chi connectivity index (χ3v) is 4.34. The number of aromatic nitrogens is 2. The number of amides is 1. The number of hydrogen-bond donors (Lipinski definition) is 2. The zero-order valence-electron chi connectivity index (χ0n) is 13.9. The van der Waals surface area contributed by atoms with E-state index < -0.39 is 16.6 Å². The summed E-state index contributed by atoms with van der Waals surface area (Å²) in [5, 5.41) is 19.7. The van der Waals surface area contributed by atoms with E-state index in [0.29, 0.717) is 0 Å². The second-order valence-electron chi connectivity index (χ2n) is 6.23. The Bertz CT molecular complexity index is 774. The molecule has 1 aromatic heterocycles. The van der Waals surface area contributed by atoms with Crippen molar-refractivity contribution in [3.8, 4) is 5.75 Å². The second kappa shape index (κ2) is 7.33. The highest BCUT2D eigenvalue weighted by Gasteiger charge is 2.31. The van der Waals surface area contributed by atoms with Gasteiger partial charge in [-0.1, -0.05) is 23.7 Å². The number of carbonyl (C=O) groups is 1. The molecule has 1 amide bonds. The van der Waals surface area contributed by atoms with E-state index in [0.717, 1.165) is 37.0 Å². The minimum absolute atomic E-state index is 0.0649. The zero-order valence-corrected chi connectivity index (χ0v) is 13.9. The Morgan fingerprint density at radius 2 is 2.20 bits per heavy atom. The third-order valence-electron chi connectivity index (χ3n) is 4.34. The van der Waals surface area contributed by atoms with E-state index >= 15 is 0 Å². The summed E-state index contributed by atoms with van der Waals surface area (Å²) in [6.07, 6.45) is 4.61. The van der Waals surface area contributed by atoms with Gasteiger partial charge in [0.05, 0.1) is 12.2 Å². The lowest BCUT2D eigenvalue weighted by Crippen LogP contribution is -2.47. The lowest BCUT2D eigenvalue weighted by molar-refractivity contribution is -0.389. The molecule has 0 radical (unpaired) electrons. The van der Waals surface area contributed by atoms with Gasteiger partial charge in [0.2, 0.25) is 0 Å². The fraction of sp³-hybridized carbons (Fsp3) is 0.412. The standard InChI is InChI=1S/C17H20N4O4/c1-11-5-4-6-12(9-11)25-15-8-3-2-7-14(15)19-17(22)13-10-18-20-16(13)21(23)24/h4-6,9-10,14-15H,2-3,7-8H2,1H3,(H,18,20)(H,19,22)/t14-,15-/m0/s1. The molecule has 0 spiro atoms. The van der Waals surface area contributed by atoms with Gasteiger partial charge < -0.3 is 20.2 Å². The summed E-state index contributed by atoms with van der Waals surface area (Å²) in [7, 11) is 0. The molecule has 1 saturated carbocycles. The van der Waals surface area contributed by atoms with Gasteiger partial charge in [-0.2, -0.15) is 0 Å². The second-order valence-corrected chi connectivity index (χ2v) is 6.23. The fourth-order valence-electron chi connectivity index (χ4n) is 3.10. The van der Waals surface area contributed by atoms with Gasteiger partial charge in [-0.15, -0.1) is 5.10 Å². The largest absolute Gasteiger partial charge is 0.488 e. The average Bonchev–Trinajstić information content (AvgIpc) is 3.07. The van der Waals surface area contributed by atoms with Crippen molar-refractivity contribution in [2.75, 3.05) is 0 Å². The van der Waals surface area contributed by atoms with Crippen LogP contribution in [0.1, 0.15) is 41.6 Å². The zero-order chi connectivity index (χ0) is 17.8. The maximum Gasteiger partial charge on any atom is 0.355 e. The number of ether oxygens (including phenoxy) is 1. The number of nitro groups is 1. The first-order valence-corrected chi connectivity index (χ1v) is 8.26. The Morgan fingerprint density at radius 3 is 2.96 bits per heavy atom. The first-order chi connectivity index (χ1) is 12.0. The predicted octanol–water partition coefficient (Wildman–Crippen LogP) is 2.75. The summed E-state index contributed by atoms with van der Waals surface area (Å²) in [6.45, 7) is 1.99. The third kappa shape index (κ3) is 3.96. The first-order valence-electron chi connectivity index (χ1n) is 8.26. The SMILES string of the molecule is Cc1cccc(O[C@H]2CCCC[C@@H]2NC(=O)c2cn[nH]c2[N+](=O)[O-])c1.